The van der Waals surface area contributed by atoms with Crippen molar-refractivity contribution in [3.8, 4) is 17.2 Å². The molecule has 3 rings (SSSR count). The lowest BCUT2D eigenvalue weighted by molar-refractivity contribution is 0.101. The maximum absolute atomic E-state index is 12.3. The van der Waals surface area contributed by atoms with E-state index in [2.05, 4.69) is 10.5 Å². The van der Waals surface area contributed by atoms with Crippen LogP contribution in [0.4, 0.5) is 5.69 Å². The van der Waals surface area contributed by atoms with Crippen LogP contribution in [0.2, 0.25) is 0 Å². The molecule has 1 saturated carbocycles. The Morgan fingerprint density at radius 2 is 1.78 bits per heavy atom. The Labute approximate surface area is 133 Å². The lowest BCUT2D eigenvalue weighted by atomic mass is 10.2. The first-order valence-electron chi connectivity index (χ1n) is 7.24. The van der Waals surface area contributed by atoms with Gasteiger partial charge in [0.05, 0.1) is 21.3 Å². The lowest BCUT2D eigenvalue weighted by Gasteiger charge is -2.14. The molecule has 7 nitrogen and oxygen atoms in total. The van der Waals surface area contributed by atoms with Gasteiger partial charge < -0.3 is 24.1 Å². The Morgan fingerprint density at radius 1 is 1.13 bits per heavy atom. The summed E-state index contributed by atoms with van der Waals surface area (Å²) in [6.07, 6.45) is 2.17. The molecule has 2 aromatic rings. The minimum Gasteiger partial charge on any atom is -0.493 e. The van der Waals surface area contributed by atoms with Crippen LogP contribution in [0.15, 0.2) is 22.7 Å². The van der Waals surface area contributed by atoms with Gasteiger partial charge in [0.25, 0.3) is 5.91 Å². The number of hydrogen-bond acceptors (Lipinski definition) is 6. The zero-order valence-corrected chi connectivity index (χ0v) is 13.2. The Balaban J connectivity index is 1.81. The van der Waals surface area contributed by atoms with Crippen LogP contribution in [-0.4, -0.2) is 32.4 Å². The van der Waals surface area contributed by atoms with Crippen LogP contribution in [0.1, 0.15) is 35.0 Å². The number of amides is 1. The maximum Gasteiger partial charge on any atom is 0.277 e. The van der Waals surface area contributed by atoms with Gasteiger partial charge in [-0.1, -0.05) is 5.16 Å². The van der Waals surface area contributed by atoms with Crippen LogP contribution in [-0.2, 0) is 0 Å². The van der Waals surface area contributed by atoms with Gasteiger partial charge in [-0.05, 0) is 12.8 Å². The molecule has 0 radical (unpaired) electrons. The van der Waals surface area contributed by atoms with Crippen LogP contribution in [0, 0.1) is 0 Å². The van der Waals surface area contributed by atoms with E-state index in [1.54, 1.807) is 18.2 Å². The molecule has 7 heteroatoms. The van der Waals surface area contributed by atoms with E-state index in [9.17, 15) is 4.79 Å². The molecule has 1 N–H and O–H groups in total. The first-order valence-corrected chi connectivity index (χ1v) is 7.24. The molecule has 1 amide bonds. The van der Waals surface area contributed by atoms with Gasteiger partial charge in [0, 0.05) is 29.8 Å². The molecule has 1 aliphatic rings. The third-order valence-corrected chi connectivity index (χ3v) is 3.66. The second kappa shape index (κ2) is 6.20. The van der Waals surface area contributed by atoms with E-state index in [0.29, 0.717) is 28.9 Å². The molecule has 0 atom stereocenters. The van der Waals surface area contributed by atoms with Crippen molar-refractivity contribution in [2.45, 2.75) is 18.8 Å². The second-order valence-corrected chi connectivity index (χ2v) is 5.26. The number of benzene rings is 1. The van der Waals surface area contributed by atoms with Gasteiger partial charge in [-0.3, -0.25) is 4.79 Å². The summed E-state index contributed by atoms with van der Waals surface area (Å²) in [5, 5.41) is 6.57. The number of ether oxygens (including phenoxy) is 3. The minimum absolute atomic E-state index is 0.251. The number of nitrogens with one attached hydrogen (secondary N) is 1. The average Bonchev–Trinajstić information content (AvgIpc) is 3.30. The van der Waals surface area contributed by atoms with E-state index in [1.165, 1.54) is 21.3 Å². The molecule has 0 bridgehead atoms. The van der Waals surface area contributed by atoms with E-state index in [-0.39, 0.29) is 11.6 Å². The van der Waals surface area contributed by atoms with Crippen LogP contribution < -0.4 is 19.5 Å². The molecule has 0 unspecified atom stereocenters. The summed E-state index contributed by atoms with van der Waals surface area (Å²) in [5.74, 6) is 2.20. The van der Waals surface area contributed by atoms with E-state index >= 15 is 0 Å². The quantitative estimate of drug-likeness (QED) is 0.882. The van der Waals surface area contributed by atoms with Crippen molar-refractivity contribution in [1.29, 1.82) is 0 Å². The highest BCUT2D eigenvalue weighted by Crippen LogP contribution is 2.41. The number of carbonyl (C=O) groups is 1. The van der Waals surface area contributed by atoms with E-state index in [1.807, 2.05) is 0 Å². The third-order valence-electron chi connectivity index (χ3n) is 3.66. The number of aromatic nitrogens is 1. The molecule has 0 spiro atoms. The Bertz CT molecular complexity index is 696. The fourth-order valence-electron chi connectivity index (χ4n) is 2.30. The summed E-state index contributed by atoms with van der Waals surface area (Å²) in [6.45, 7) is 0. The summed E-state index contributed by atoms with van der Waals surface area (Å²) in [6, 6.07) is 4.99. The SMILES string of the molecule is COc1cc(NC(=O)c2cc(C3CC3)on2)cc(OC)c1OC. The Morgan fingerprint density at radius 3 is 2.30 bits per heavy atom. The van der Waals surface area contributed by atoms with Crippen LogP contribution in [0.3, 0.4) is 0 Å². The summed E-state index contributed by atoms with van der Waals surface area (Å²) >= 11 is 0. The van der Waals surface area contributed by atoms with Gasteiger partial charge in [-0.15, -0.1) is 0 Å². The Hall–Kier alpha value is -2.70. The number of nitrogens with zero attached hydrogens (tertiary/aromatic N) is 1. The molecule has 1 aromatic carbocycles. The smallest absolute Gasteiger partial charge is 0.277 e. The number of hydrogen-bond donors (Lipinski definition) is 1. The van der Waals surface area contributed by atoms with Crippen molar-refractivity contribution in [2.24, 2.45) is 0 Å². The van der Waals surface area contributed by atoms with Crippen LogP contribution >= 0.6 is 0 Å². The van der Waals surface area contributed by atoms with E-state index in [0.717, 1.165) is 18.6 Å². The fourth-order valence-corrected chi connectivity index (χ4v) is 2.30. The van der Waals surface area contributed by atoms with Crippen molar-refractivity contribution in [3.63, 3.8) is 0 Å². The molecule has 1 fully saturated rings. The highest BCUT2D eigenvalue weighted by molar-refractivity contribution is 6.03. The average molecular weight is 318 g/mol. The number of carbonyl (C=O) groups excluding carboxylic acids is 1. The molecule has 0 saturated heterocycles. The van der Waals surface area contributed by atoms with Gasteiger partial charge >= 0.3 is 0 Å². The predicted octanol–water partition coefficient (Wildman–Crippen LogP) is 2.83. The Kier molecular flexibility index (Phi) is 4.10. The first-order chi connectivity index (χ1) is 11.2. The van der Waals surface area contributed by atoms with E-state index in [4.69, 9.17) is 18.7 Å². The standard InChI is InChI=1S/C16H18N2O5/c1-20-13-6-10(7-14(21-2)15(13)22-3)17-16(19)11-8-12(23-18-11)9-4-5-9/h6-9H,4-5H2,1-3H3,(H,17,19). The topological polar surface area (TPSA) is 82.8 Å². The summed E-state index contributed by atoms with van der Waals surface area (Å²) in [7, 11) is 4.55. The predicted molar refractivity (Wildman–Crippen MR) is 82.5 cm³/mol. The van der Waals surface area contributed by atoms with Crippen molar-refractivity contribution >= 4 is 11.6 Å². The molecule has 23 heavy (non-hydrogen) atoms. The monoisotopic (exact) mass is 318 g/mol. The largest absolute Gasteiger partial charge is 0.493 e. The van der Waals surface area contributed by atoms with Crippen molar-refractivity contribution in [3.05, 3.63) is 29.7 Å². The maximum atomic E-state index is 12.3. The van der Waals surface area contributed by atoms with Crippen molar-refractivity contribution < 1.29 is 23.5 Å². The number of rotatable bonds is 6. The molecule has 0 aliphatic heterocycles. The molecular formula is C16H18N2O5. The highest BCUT2D eigenvalue weighted by Gasteiger charge is 2.29. The summed E-state index contributed by atoms with van der Waals surface area (Å²) in [4.78, 5) is 12.3. The van der Waals surface area contributed by atoms with Gasteiger partial charge in [0.15, 0.2) is 17.2 Å². The molecule has 1 aromatic heterocycles. The zero-order valence-electron chi connectivity index (χ0n) is 13.2. The van der Waals surface area contributed by atoms with Gasteiger partial charge in [-0.25, -0.2) is 0 Å². The van der Waals surface area contributed by atoms with E-state index < -0.39 is 0 Å². The van der Waals surface area contributed by atoms with Crippen molar-refractivity contribution in [2.75, 3.05) is 26.6 Å². The van der Waals surface area contributed by atoms with Gasteiger partial charge in [-0.2, -0.15) is 0 Å². The first kappa shape index (κ1) is 15.2. The zero-order chi connectivity index (χ0) is 16.4. The number of methoxy groups -OCH3 is 3. The van der Waals surface area contributed by atoms with Crippen LogP contribution in [0.25, 0.3) is 0 Å². The molecule has 1 aliphatic carbocycles. The molecular weight excluding hydrogens is 300 g/mol. The van der Waals surface area contributed by atoms with Crippen molar-refractivity contribution in [1.82, 2.24) is 5.16 Å². The molecule has 1 heterocycles. The van der Waals surface area contributed by atoms with Gasteiger partial charge in [0.2, 0.25) is 5.75 Å². The number of anilines is 1. The van der Waals surface area contributed by atoms with Crippen LogP contribution in [0.5, 0.6) is 17.2 Å². The lowest BCUT2D eigenvalue weighted by Crippen LogP contribution is -2.12. The second-order valence-electron chi connectivity index (χ2n) is 5.26. The highest BCUT2D eigenvalue weighted by atomic mass is 16.5. The third kappa shape index (κ3) is 3.08. The fraction of sp³-hybridized carbons (Fsp3) is 0.375. The normalized spacial score (nSPS) is 13.5. The summed E-state index contributed by atoms with van der Waals surface area (Å²) in [5.41, 5.74) is 0.765. The minimum atomic E-state index is -0.352. The summed E-state index contributed by atoms with van der Waals surface area (Å²) < 4.78 is 21.0. The van der Waals surface area contributed by atoms with Gasteiger partial charge in [0.1, 0.15) is 5.76 Å². The molecule has 122 valence electrons.